The molecule has 0 aromatic heterocycles. The molecule has 2 aromatic carbocycles. The first kappa shape index (κ1) is 20.3. The lowest BCUT2D eigenvalue weighted by atomic mass is 10.1. The molecule has 26 heavy (non-hydrogen) atoms. The van der Waals surface area contributed by atoms with Gasteiger partial charge >= 0.3 is 0 Å². The molecule has 0 spiro atoms. The van der Waals surface area contributed by atoms with Gasteiger partial charge in [0.05, 0.1) is 23.3 Å². The predicted octanol–water partition coefficient (Wildman–Crippen LogP) is 2.70. The van der Waals surface area contributed by atoms with Crippen molar-refractivity contribution in [3.63, 3.8) is 0 Å². The SMILES string of the molecule is CCOc1ccc(SCC(=O)NC(C)c2ccc(S(N)(=O)=O)cc2)cc1. The summed E-state index contributed by atoms with van der Waals surface area (Å²) in [5.41, 5.74) is 0.803. The molecule has 0 aliphatic rings. The van der Waals surface area contributed by atoms with Gasteiger partial charge in [0.15, 0.2) is 0 Å². The number of rotatable bonds is 8. The number of hydrogen-bond acceptors (Lipinski definition) is 5. The quantitative estimate of drug-likeness (QED) is 0.671. The third-order valence-electron chi connectivity index (χ3n) is 3.59. The van der Waals surface area contributed by atoms with Crippen molar-refractivity contribution in [2.24, 2.45) is 5.14 Å². The van der Waals surface area contributed by atoms with Crippen molar-refractivity contribution in [2.75, 3.05) is 12.4 Å². The smallest absolute Gasteiger partial charge is 0.238 e. The van der Waals surface area contributed by atoms with Gasteiger partial charge in [-0.1, -0.05) is 12.1 Å². The van der Waals surface area contributed by atoms with Crippen LogP contribution >= 0.6 is 11.8 Å². The zero-order valence-corrected chi connectivity index (χ0v) is 16.3. The predicted molar refractivity (Wildman–Crippen MR) is 103 cm³/mol. The first-order valence-electron chi connectivity index (χ1n) is 8.07. The molecule has 2 aromatic rings. The van der Waals surface area contributed by atoms with Crippen LogP contribution in [0.2, 0.25) is 0 Å². The number of carbonyl (C=O) groups is 1. The lowest BCUT2D eigenvalue weighted by Gasteiger charge is -2.14. The third kappa shape index (κ3) is 6.05. The summed E-state index contributed by atoms with van der Waals surface area (Å²) in [5, 5.41) is 7.97. The van der Waals surface area contributed by atoms with Crippen molar-refractivity contribution in [1.82, 2.24) is 5.32 Å². The first-order chi connectivity index (χ1) is 12.3. The minimum atomic E-state index is -3.71. The van der Waals surface area contributed by atoms with Crippen LogP contribution in [0.5, 0.6) is 5.75 Å². The van der Waals surface area contributed by atoms with Crippen LogP contribution in [0.1, 0.15) is 25.5 Å². The Kier molecular flexibility index (Phi) is 7.07. The van der Waals surface area contributed by atoms with Gasteiger partial charge in [-0.25, -0.2) is 13.6 Å². The van der Waals surface area contributed by atoms with E-state index in [1.54, 1.807) is 12.1 Å². The van der Waals surface area contributed by atoms with Crippen molar-refractivity contribution < 1.29 is 17.9 Å². The maximum atomic E-state index is 12.1. The molecule has 8 heteroatoms. The van der Waals surface area contributed by atoms with Crippen molar-refractivity contribution in [3.8, 4) is 5.75 Å². The summed E-state index contributed by atoms with van der Waals surface area (Å²) in [6, 6.07) is 13.5. The maximum Gasteiger partial charge on any atom is 0.238 e. The Bertz CT molecular complexity index is 834. The number of nitrogens with two attached hydrogens (primary N) is 1. The number of primary sulfonamides is 1. The Hall–Kier alpha value is -2.03. The summed E-state index contributed by atoms with van der Waals surface area (Å²) in [6.07, 6.45) is 0. The van der Waals surface area contributed by atoms with Crippen molar-refractivity contribution in [1.29, 1.82) is 0 Å². The third-order valence-corrected chi connectivity index (χ3v) is 5.53. The molecule has 0 saturated carbocycles. The van der Waals surface area contributed by atoms with Crippen LogP contribution in [0, 0.1) is 0 Å². The van der Waals surface area contributed by atoms with E-state index in [1.165, 1.54) is 23.9 Å². The molecule has 0 heterocycles. The number of carbonyl (C=O) groups excluding carboxylic acids is 1. The number of ether oxygens (including phenoxy) is 1. The van der Waals surface area contributed by atoms with Crippen LogP contribution in [0.4, 0.5) is 0 Å². The molecule has 1 atom stereocenters. The number of amides is 1. The lowest BCUT2D eigenvalue weighted by molar-refractivity contribution is -0.119. The van der Waals surface area contributed by atoms with Crippen LogP contribution in [0.15, 0.2) is 58.3 Å². The highest BCUT2D eigenvalue weighted by atomic mass is 32.2. The average molecular weight is 395 g/mol. The van der Waals surface area contributed by atoms with E-state index < -0.39 is 10.0 Å². The van der Waals surface area contributed by atoms with Crippen molar-refractivity contribution in [3.05, 3.63) is 54.1 Å². The molecule has 6 nitrogen and oxygen atoms in total. The second kappa shape index (κ2) is 9.07. The second-order valence-electron chi connectivity index (χ2n) is 5.60. The fourth-order valence-electron chi connectivity index (χ4n) is 2.26. The van der Waals surface area contributed by atoms with E-state index in [9.17, 15) is 13.2 Å². The molecule has 140 valence electrons. The topological polar surface area (TPSA) is 98.5 Å². The summed E-state index contributed by atoms with van der Waals surface area (Å²) in [5.74, 6) is 0.984. The largest absolute Gasteiger partial charge is 0.494 e. The molecule has 0 fully saturated rings. The molecular weight excluding hydrogens is 372 g/mol. The van der Waals surface area contributed by atoms with Crippen LogP contribution in [0.25, 0.3) is 0 Å². The van der Waals surface area contributed by atoms with E-state index in [1.807, 2.05) is 38.1 Å². The van der Waals surface area contributed by atoms with Gasteiger partial charge in [-0.3, -0.25) is 4.79 Å². The van der Waals surface area contributed by atoms with E-state index in [0.29, 0.717) is 6.61 Å². The standard InChI is InChI=1S/C18H22N2O4S2/c1-3-24-15-6-8-16(9-7-15)25-12-18(21)20-13(2)14-4-10-17(11-5-14)26(19,22)23/h4-11,13H,3,12H2,1-2H3,(H,20,21)(H2,19,22,23). The van der Waals surface area contributed by atoms with Gasteiger partial charge in [-0.15, -0.1) is 11.8 Å². The zero-order chi connectivity index (χ0) is 19.2. The molecule has 0 saturated heterocycles. The Morgan fingerprint density at radius 3 is 2.31 bits per heavy atom. The molecule has 0 aliphatic carbocycles. The Labute approximate surface area is 158 Å². The molecule has 0 aliphatic heterocycles. The molecule has 3 N–H and O–H groups in total. The van der Waals surface area contributed by atoms with Crippen LogP contribution in [-0.4, -0.2) is 26.7 Å². The van der Waals surface area contributed by atoms with Gasteiger partial charge in [-0.05, 0) is 55.8 Å². The fourth-order valence-corrected chi connectivity index (χ4v) is 3.49. The molecular formula is C18H22N2O4S2. The summed E-state index contributed by atoms with van der Waals surface area (Å²) < 4.78 is 27.9. The minimum absolute atomic E-state index is 0.0471. The number of nitrogens with one attached hydrogen (secondary N) is 1. The monoisotopic (exact) mass is 394 g/mol. The fraction of sp³-hybridized carbons (Fsp3) is 0.278. The van der Waals surface area contributed by atoms with E-state index in [-0.39, 0.29) is 22.6 Å². The van der Waals surface area contributed by atoms with Crippen molar-refractivity contribution in [2.45, 2.75) is 29.7 Å². The van der Waals surface area contributed by atoms with E-state index in [2.05, 4.69) is 5.32 Å². The summed E-state index contributed by atoms with van der Waals surface area (Å²) >= 11 is 1.43. The van der Waals surface area contributed by atoms with Gasteiger partial charge in [0.1, 0.15) is 5.75 Å². The van der Waals surface area contributed by atoms with Gasteiger partial charge in [0.25, 0.3) is 0 Å². The Balaban J connectivity index is 1.86. The van der Waals surface area contributed by atoms with Gasteiger partial charge in [-0.2, -0.15) is 0 Å². The molecule has 1 amide bonds. The van der Waals surface area contributed by atoms with Crippen LogP contribution in [0.3, 0.4) is 0 Å². The highest BCUT2D eigenvalue weighted by Gasteiger charge is 2.12. The molecule has 0 bridgehead atoms. The van der Waals surface area contributed by atoms with E-state index in [4.69, 9.17) is 9.88 Å². The van der Waals surface area contributed by atoms with E-state index in [0.717, 1.165) is 16.2 Å². The van der Waals surface area contributed by atoms with E-state index >= 15 is 0 Å². The van der Waals surface area contributed by atoms with Crippen LogP contribution < -0.4 is 15.2 Å². The molecule has 0 radical (unpaired) electrons. The summed E-state index contributed by atoms with van der Waals surface area (Å²) in [7, 11) is -3.71. The molecule has 1 unspecified atom stereocenters. The zero-order valence-electron chi connectivity index (χ0n) is 14.6. The van der Waals surface area contributed by atoms with Crippen LogP contribution in [-0.2, 0) is 14.8 Å². The summed E-state index contributed by atoms with van der Waals surface area (Å²) in [4.78, 5) is 13.2. The van der Waals surface area contributed by atoms with Gasteiger partial charge in [0, 0.05) is 4.90 Å². The highest BCUT2D eigenvalue weighted by Crippen LogP contribution is 2.22. The number of hydrogen-bond donors (Lipinski definition) is 2. The Morgan fingerprint density at radius 2 is 1.77 bits per heavy atom. The first-order valence-corrected chi connectivity index (χ1v) is 10.6. The maximum absolute atomic E-state index is 12.1. The minimum Gasteiger partial charge on any atom is -0.494 e. The van der Waals surface area contributed by atoms with Gasteiger partial charge < -0.3 is 10.1 Å². The average Bonchev–Trinajstić information content (AvgIpc) is 2.61. The molecule has 2 rings (SSSR count). The Morgan fingerprint density at radius 1 is 1.15 bits per heavy atom. The van der Waals surface area contributed by atoms with Crippen molar-refractivity contribution >= 4 is 27.7 Å². The normalized spacial score (nSPS) is 12.4. The summed E-state index contributed by atoms with van der Waals surface area (Å²) in [6.45, 7) is 4.38. The number of sulfonamides is 1. The highest BCUT2D eigenvalue weighted by molar-refractivity contribution is 8.00. The lowest BCUT2D eigenvalue weighted by Crippen LogP contribution is -2.28. The van der Waals surface area contributed by atoms with Gasteiger partial charge in [0.2, 0.25) is 15.9 Å². The number of benzene rings is 2. The number of thioether (sulfide) groups is 1. The second-order valence-corrected chi connectivity index (χ2v) is 8.21.